The number of alkyl halides is 3. The number of methoxy groups -OCH3 is 1. The molecule has 0 aliphatic carbocycles. The summed E-state index contributed by atoms with van der Waals surface area (Å²) >= 11 is 0. The molecule has 0 saturated heterocycles. The Kier molecular flexibility index (Phi) is 6.27. The molecule has 0 aliphatic heterocycles. The van der Waals surface area contributed by atoms with Crippen molar-refractivity contribution in [2.75, 3.05) is 19.0 Å². The molecular weight excluding hydrogens is 367 g/mol. The fourth-order valence-corrected chi connectivity index (χ4v) is 2.13. The standard InChI is InChI=1S/C18H16F3NO5/c1-11-3-8-15(25-2)14(9-11)17(24)26-10-16(23)22-12-4-6-13(7-5-12)27-18(19,20)21/h3-9H,10H2,1-2H3,(H,22,23). The summed E-state index contributed by atoms with van der Waals surface area (Å²) < 4.78 is 50.0. The summed E-state index contributed by atoms with van der Waals surface area (Å²) in [7, 11) is 1.40. The highest BCUT2D eigenvalue weighted by molar-refractivity contribution is 5.96. The van der Waals surface area contributed by atoms with Crippen molar-refractivity contribution in [3.8, 4) is 11.5 Å². The van der Waals surface area contributed by atoms with Crippen molar-refractivity contribution in [2.24, 2.45) is 0 Å². The second kappa shape index (κ2) is 8.43. The van der Waals surface area contributed by atoms with Crippen molar-refractivity contribution >= 4 is 17.6 Å². The minimum absolute atomic E-state index is 0.180. The van der Waals surface area contributed by atoms with E-state index in [2.05, 4.69) is 10.1 Å². The predicted octanol–water partition coefficient (Wildman–Crippen LogP) is 3.70. The number of benzene rings is 2. The van der Waals surface area contributed by atoms with Crippen molar-refractivity contribution in [1.29, 1.82) is 0 Å². The summed E-state index contributed by atoms with van der Waals surface area (Å²) in [5, 5.41) is 2.39. The zero-order chi connectivity index (χ0) is 20.0. The molecule has 27 heavy (non-hydrogen) atoms. The Morgan fingerprint density at radius 2 is 1.74 bits per heavy atom. The van der Waals surface area contributed by atoms with Crippen LogP contribution in [0, 0.1) is 6.92 Å². The van der Waals surface area contributed by atoms with Gasteiger partial charge in [0.05, 0.1) is 7.11 Å². The number of hydrogen-bond acceptors (Lipinski definition) is 5. The predicted molar refractivity (Wildman–Crippen MR) is 89.8 cm³/mol. The first-order chi connectivity index (χ1) is 12.7. The fraction of sp³-hybridized carbons (Fsp3) is 0.222. The Bertz CT molecular complexity index is 819. The SMILES string of the molecule is COc1ccc(C)cc1C(=O)OCC(=O)Nc1ccc(OC(F)(F)F)cc1. The Morgan fingerprint density at radius 1 is 1.07 bits per heavy atom. The van der Waals surface area contributed by atoms with Crippen molar-refractivity contribution in [2.45, 2.75) is 13.3 Å². The van der Waals surface area contributed by atoms with Crippen molar-refractivity contribution in [3.63, 3.8) is 0 Å². The number of ether oxygens (including phenoxy) is 3. The van der Waals surface area contributed by atoms with Crippen LogP contribution in [0.25, 0.3) is 0 Å². The molecule has 9 heteroatoms. The van der Waals surface area contributed by atoms with Crippen molar-refractivity contribution < 1.29 is 37.0 Å². The molecule has 0 atom stereocenters. The van der Waals surface area contributed by atoms with Gasteiger partial charge in [0, 0.05) is 5.69 Å². The molecule has 0 spiro atoms. The second-order valence-corrected chi connectivity index (χ2v) is 5.40. The fourth-order valence-electron chi connectivity index (χ4n) is 2.13. The minimum atomic E-state index is -4.80. The van der Waals surface area contributed by atoms with Gasteiger partial charge in [-0.1, -0.05) is 11.6 Å². The summed E-state index contributed by atoms with van der Waals surface area (Å²) in [6, 6.07) is 9.48. The van der Waals surface area contributed by atoms with Gasteiger partial charge in [0.15, 0.2) is 6.61 Å². The average Bonchev–Trinajstić information content (AvgIpc) is 2.60. The molecule has 2 aromatic carbocycles. The van der Waals surface area contributed by atoms with E-state index in [9.17, 15) is 22.8 Å². The zero-order valence-electron chi connectivity index (χ0n) is 14.4. The van der Waals surface area contributed by atoms with Crippen molar-refractivity contribution in [1.82, 2.24) is 0 Å². The number of amides is 1. The number of esters is 1. The van der Waals surface area contributed by atoms with E-state index in [0.29, 0.717) is 5.75 Å². The molecule has 0 saturated carbocycles. The van der Waals surface area contributed by atoms with Gasteiger partial charge >= 0.3 is 12.3 Å². The minimum Gasteiger partial charge on any atom is -0.496 e. The van der Waals surface area contributed by atoms with Gasteiger partial charge < -0.3 is 19.5 Å². The molecule has 0 unspecified atom stereocenters. The van der Waals surface area contributed by atoms with Crippen molar-refractivity contribution in [3.05, 3.63) is 53.6 Å². The van der Waals surface area contributed by atoms with Gasteiger partial charge in [-0.05, 0) is 43.3 Å². The number of rotatable bonds is 6. The van der Waals surface area contributed by atoms with E-state index >= 15 is 0 Å². The summed E-state index contributed by atoms with van der Waals surface area (Å²) in [5.41, 5.74) is 1.21. The molecular formula is C18H16F3NO5. The average molecular weight is 383 g/mol. The third-order valence-electron chi connectivity index (χ3n) is 3.28. The Morgan fingerprint density at radius 3 is 2.33 bits per heavy atom. The smallest absolute Gasteiger partial charge is 0.496 e. The van der Waals surface area contributed by atoms with Gasteiger partial charge in [0.1, 0.15) is 17.1 Å². The lowest BCUT2D eigenvalue weighted by atomic mass is 10.1. The van der Waals surface area contributed by atoms with E-state index in [1.807, 2.05) is 0 Å². The molecule has 6 nitrogen and oxygen atoms in total. The maximum Gasteiger partial charge on any atom is 0.573 e. The largest absolute Gasteiger partial charge is 0.573 e. The van der Waals surface area contributed by atoms with Crippen LogP contribution in [0.4, 0.5) is 18.9 Å². The van der Waals surface area contributed by atoms with Crippen LogP contribution in [0.3, 0.4) is 0 Å². The number of hydrogen-bond donors (Lipinski definition) is 1. The third kappa shape index (κ3) is 6.21. The maximum absolute atomic E-state index is 12.1. The van der Waals surface area contributed by atoms with Crippen LogP contribution in [0.15, 0.2) is 42.5 Å². The number of halogens is 3. The first-order valence-electron chi connectivity index (χ1n) is 7.65. The number of aryl methyl sites for hydroxylation is 1. The molecule has 2 rings (SSSR count). The van der Waals surface area contributed by atoms with Gasteiger partial charge in [-0.2, -0.15) is 0 Å². The lowest BCUT2D eigenvalue weighted by molar-refractivity contribution is -0.274. The van der Waals surface area contributed by atoms with E-state index in [1.54, 1.807) is 25.1 Å². The lowest BCUT2D eigenvalue weighted by Crippen LogP contribution is -2.21. The van der Waals surface area contributed by atoms with E-state index in [0.717, 1.165) is 17.7 Å². The molecule has 0 heterocycles. The number of carbonyl (C=O) groups is 2. The van der Waals surface area contributed by atoms with Crippen LogP contribution in [-0.4, -0.2) is 32.0 Å². The van der Waals surface area contributed by atoms with E-state index < -0.39 is 30.6 Å². The van der Waals surface area contributed by atoms with E-state index in [4.69, 9.17) is 9.47 Å². The van der Waals surface area contributed by atoms with E-state index in [1.165, 1.54) is 19.2 Å². The molecule has 2 aromatic rings. The van der Waals surface area contributed by atoms with Crippen LogP contribution >= 0.6 is 0 Å². The van der Waals surface area contributed by atoms with Crippen LogP contribution in [0.5, 0.6) is 11.5 Å². The molecule has 1 N–H and O–H groups in total. The summed E-state index contributed by atoms with van der Waals surface area (Å²) in [6.07, 6.45) is -4.80. The highest BCUT2D eigenvalue weighted by Crippen LogP contribution is 2.24. The van der Waals surface area contributed by atoms with Gasteiger partial charge in [-0.25, -0.2) is 4.79 Å². The zero-order valence-corrected chi connectivity index (χ0v) is 14.4. The molecule has 0 fully saturated rings. The van der Waals surface area contributed by atoms with Crippen LogP contribution in [0.2, 0.25) is 0 Å². The summed E-state index contributed by atoms with van der Waals surface area (Å²) in [6.45, 7) is 1.21. The van der Waals surface area contributed by atoms with Crippen LogP contribution in [-0.2, 0) is 9.53 Å². The molecule has 0 bridgehead atoms. The number of nitrogens with one attached hydrogen (secondary N) is 1. The highest BCUT2D eigenvalue weighted by atomic mass is 19.4. The van der Waals surface area contributed by atoms with Gasteiger partial charge in [-0.3, -0.25) is 4.79 Å². The lowest BCUT2D eigenvalue weighted by Gasteiger charge is -2.11. The number of carbonyl (C=O) groups excluding carboxylic acids is 2. The van der Waals surface area contributed by atoms with Crippen LogP contribution in [0.1, 0.15) is 15.9 Å². The molecule has 1 amide bonds. The highest BCUT2D eigenvalue weighted by Gasteiger charge is 2.31. The third-order valence-corrected chi connectivity index (χ3v) is 3.28. The molecule has 0 radical (unpaired) electrons. The molecule has 0 aromatic heterocycles. The van der Waals surface area contributed by atoms with Gasteiger partial charge in [0.2, 0.25) is 0 Å². The molecule has 0 aliphatic rings. The van der Waals surface area contributed by atoms with Gasteiger partial charge in [-0.15, -0.1) is 13.2 Å². The first kappa shape index (κ1) is 20.1. The van der Waals surface area contributed by atoms with Gasteiger partial charge in [0.25, 0.3) is 5.91 Å². The topological polar surface area (TPSA) is 73.9 Å². The monoisotopic (exact) mass is 383 g/mol. The van der Waals surface area contributed by atoms with Crippen LogP contribution < -0.4 is 14.8 Å². The summed E-state index contributed by atoms with van der Waals surface area (Å²) in [5.74, 6) is -1.50. The quantitative estimate of drug-likeness (QED) is 0.770. The Labute approximate surface area is 152 Å². The molecule has 144 valence electrons. The maximum atomic E-state index is 12.1. The normalized spacial score (nSPS) is 10.9. The Hall–Kier alpha value is -3.23. The summed E-state index contributed by atoms with van der Waals surface area (Å²) in [4.78, 5) is 24.0. The van der Waals surface area contributed by atoms with E-state index in [-0.39, 0.29) is 11.3 Å². The number of anilines is 1. The first-order valence-corrected chi connectivity index (χ1v) is 7.65. The second-order valence-electron chi connectivity index (χ2n) is 5.40. The Balaban J connectivity index is 1.91.